The Labute approximate surface area is 110 Å². The molecule has 4 nitrogen and oxygen atoms in total. The molecule has 0 aromatic heterocycles. The highest BCUT2D eigenvalue weighted by atomic mass is 16.5. The van der Waals surface area contributed by atoms with Crippen molar-refractivity contribution in [3.63, 3.8) is 0 Å². The summed E-state index contributed by atoms with van der Waals surface area (Å²) in [4.78, 5) is 14.3. The van der Waals surface area contributed by atoms with Crippen molar-refractivity contribution in [2.24, 2.45) is 11.7 Å². The van der Waals surface area contributed by atoms with Gasteiger partial charge in [0.15, 0.2) is 0 Å². The van der Waals surface area contributed by atoms with Crippen LogP contribution in [0.4, 0.5) is 0 Å². The fourth-order valence-electron chi connectivity index (χ4n) is 3.10. The Morgan fingerprint density at radius 2 is 2.17 bits per heavy atom. The highest BCUT2D eigenvalue weighted by molar-refractivity contribution is 5.81. The minimum Gasteiger partial charge on any atom is -0.465 e. The Kier molecular flexibility index (Phi) is 3.97. The predicted octanol–water partition coefficient (Wildman–Crippen LogP) is 1.53. The van der Waals surface area contributed by atoms with E-state index in [4.69, 9.17) is 10.5 Å². The average Bonchev–Trinajstić information content (AvgIpc) is 3.11. The summed E-state index contributed by atoms with van der Waals surface area (Å²) < 4.78 is 5.09. The van der Waals surface area contributed by atoms with Crippen LogP contribution in [0.3, 0.4) is 0 Å². The first-order chi connectivity index (χ1) is 8.48. The molecule has 4 heteroatoms. The molecule has 0 aliphatic heterocycles. The van der Waals surface area contributed by atoms with Gasteiger partial charge in [-0.2, -0.15) is 0 Å². The van der Waals surface area contributed by atoms with Gasteiger partial charge in [-0.3, -0.25) is 4.79 Å². The van der Waals surface area contributed by atoms with Gasteiger partial charge < -0.3 is 15.4 Å². The molecule has 0 aromatic carbocycles. The van der Waals surface area contributed by atoms with Crippen molar-refractivity contribution < 1.29 is 9.53 Å². The zero-order valence-corrected chi connectivity index (χ0v) is 11.8. The van der Waals surface area contributed by atoms with Gasteiger partial charge in [-0.05, 0) is 58.9 Å². The molecule has 0 heterocycles. The molecule has 0 bridgehead atoms. The number of rotatable bonds is 5. The monoisotopic (exact) mass is 254 g/mol. The van der Waals surface area contributed by atoms with E-state index in [1.165, 1.54) is 12.8 Å². The van der Waals surface area contributed by atoms with Crippen molar-refractivity contribution in [3.8, 4) is 0 Å². The fourth-order valence-corrected chi connectivity index (χ4v) is 3.10. The molecule has 2 saturated carbocycles. The molecule has 0 amide bonds. The van der Waals surface area contributed by atoms with Crippen molar-refractivity contribution in [1.82, 2.24) is 4.90 Å². The second-order valence-electron chi connectivity index (χ2n) is 6.02. The van der Waals surface area contributed by atoms with E-state index in [0.717, 1.165) is 25.2 Å². The van der Waals surface area contributed by atoms with Gasteiger partial charge in [0.1, 0.15) is 5.54 Å². The summed E-state index contributed by atoms with van der Waals surface area (Å²) in [6.45, 7) is 4.53. The van der Waals surface area contributed by atoms with E-state index < -0.39 is 5.54 Å². The predicted molar refractivity (Wildman–Crippen MR) is 71.1 cm³/mol. The van der Waals surface area contributed by atoms with Crippen LogP contribution in [0, 0.1) is 5.92 Å². The minimum atomic E-state index is -0.752. The molecular weight excluding hydrogens is 228 g/mol. The van der Waals surface area contributed by atoms with Gasteiger partial charge in [-0.1, -0.05) is 0 Å². The standard InChI is InChI=1S/C14H26N2O2/c1-4-18-13(17)14(15)8-7-12(9-14)16(3)10(2)11-5-6-11/h10-12H,4-9,15H2,1-3H3. The molecule has 0 spiro atoms. The van der Waals surface area contributed by atoms with E-state index in [2.05, 4.69) is 18.9 Å². The zero-order chi connectivity index (χ0) is 13.3. The molecular formula is C14H26N2O2. The highest BCUT2D eigenvalue weighted by Gasteiger charge is 2.46. The number of nitrogens with two attached hydrogens (primary N) is 1. The van der Waals surface area contributed by atoms with Crippen LogP contribution in [0.15, 0.2) is 0 Å². The zero-order valence-electron chi connectivity index (χ0n) is 11.8. The van der Waals surface area contributed by atoms with E-state index in [0.29, 0.717) is 18.7 Å². The molecule has 0 saturated heterocycles. The van der Waals surface area contributed by atoms with Gasteiger partial charge in [0.25, 0.3) is 0 Å². The van der Waals surface area contributed by atoms with Crippen molar-refractivity contribution in [2.45, 2.75) is 63.6 Å². The van der Waals surface area contributed by atoms with Crippen molar-refractivity contribution in [2.75, 3.05) is 13.7 Å². The maximum Gasteiger partial charge on any atom is 0.326 e. The van der Waals surface area contributed by atoms with Gasteiger partial charge in [0, 0.05) is 12.1 Å². The maximum atomic E-state index is 11.9. The Morgan fingerprint density at radius 3 is 2.72 bits per heavy atom. The van der Waals surface area contributed by atoms with Crippen LogP contribution >= 0.6 is 0 Å². The van der Waals surface area contributed by atoms with Crippen molar-refractivity contribution >= 4 is 5.97 Å². The largest absolute Gasteiger partial charge is 0.465 e. The second kappa shape index (κ2) is 5.17. The van der Waals surface area contributed by atoms with Crippen LogP contribution in [-0.2, 0) is 9.53 Å². The SMILES string of the molecule is CCOC(=O)C1(N)CCC(N(C)C(C)C2CC2)C1. The quantitative estimate of drug-likeness (QED) is 0.756. The first kappa shape index (κ1) is 13.8. The number of esters is 1. The summed E-state index contributed by atoms with van der Waals surface area (Å²) in [6, 6.07) is 1.04. The summed E-state index contributed by atoms with van der Waals surface area (Å²) in [6.07, 6.45) is 5.19. The summed E-state index contributed by atoms with van der Waals surface area (Å²) in [7, 11) is 2.17. The molecule has 3 atom stereocenters. The first-order valence-corrected chi connectivity index (χ1v) is 7.16. The third kappa shape index (κ3) is 2.69. The van der Waals surface area contributed by atoms with Crippen molar-refractivity contribution in [1.29, 1.82) is 0 Å². The average molecular weight is 254 g/mol. The summed E-state index contributed by atoms with van der Waals surface area (Å²) in [5.41, 5.74) is 5.46. The highest BCUT2D eigenvalue weighted by Crippen LogP contribution is 2.39. The number of hydrogen-bond acceptors (Lipinski definition) is 4. The Morgan fingerprint density at radius 1 is 1.50 bits per heavy atom. The van der Waals surface area contributed by atoms with Crippen LogP contribution in [-0.4, -0.2) is 42.1 Å². The molecule has 18 heavy (non-hydrogen) atoms. The lowest BCUT2D eigenvalue weighted by molar-refractivity contribution is -0.149. The molecule has 2 fully saturated rings. The molecule has 104 valence electrons. The van der Waals surface area contributed by atoms with E-state index in [1.54, 1.807) is 0 Å². The molecule has 2 aliphatic carbocycles. The Bertz CT molecular complexity index is 317. The Balaban J connectivity index is 1.92. The van der Waals surface area contributed by atoms with E-state index in [1.807, 2.05) is 6.92 Å². The Hall–Kier alpha value is -0.610. The number of carbonyl (C=O) groups is 1. The minimum absolute atomic E-state index is 0.222. The maximum absolute atomic E-state index is 11.9. The van der Waals surface area contributed by atoms with Crippen LogP contribution in [0.1, 0.15) is 46.0 Å². The van der Waals surface area contributed by atoms with Gasteiger partial charge in [-0.15, -0.1) is 0 Å². The molecule has 0 radical (unpaired) electrons. The number of carbonyl (C=O) groups excluding carboxylic acids is 1. The molecule has 2 rings (SSSR count). The molecule has 2 N–H and O–H groups in total. The van der Waals surface area contributed by atoms with Gasteiger partial charge >= 0.3 is 5.97 Å². The molecule has 0 aromatic rings. The van der Waals surface area contributed by atoms with Crippen LogP contribution in [0.2, 0.25) is 0 Å². The van der Waals surface area contributed by atoms with E-state index in [9.17, 15) is 4.79 Å². The number of nitrogens with zero attached hydrogens (tertiary/aromatic N) is 1. The van der Waals surface area contributed by atoms with E-state index in [-0.39, 0.29) is 5.97 Å². The molecule has 3 unspecified atom stereocenters. The third-order valence-corrected chi connectivity index (χ3v) is 4.73. The van der Waals surface area contributed by atoms with Gasteiger partial charge in [-0.25, -0.2) is 0 Å². The second-order valence-corrected chi connectivity index (χ2v) is 6.02. The first-order valence-electron chi connectivity index (χ1n) is 7.16. The topological polar surface area (TPSA) is 55.6 Å². The van der Waals surface area contributed by atoms with Gasteiger partial charge in [0.2, 0.25) is 0 Å². The summed E-state index contributed by atoms with van der Waals surface area (Å²) in [5.74, 6) is 0.630. The third-order valence-electron chi connectivity index (χ3n) is 4.73. The smallest absolute Gasteiger partial charge is 0.326 e. The van der Waals surface area contributed by atoms with Crippen LogP contribution in [0.5, 0.6) is 0 Å². The summed E-state index contributed by atoms with van der Waals surface area (Å²) in [5, 5.41) is 0. The normalized spacial score (nSPS) is 33.7. The van der Waals surface area contributed by atoms with E-state index >= 15 is 0 Å². The van der Waals surface area contributed by atoms with Gasteiger partial charge in [0.05, 0.1) is 6.61 Å². The number of hydrogen-bond donors (Lipinski definition) is 1. The lowest BCUT2D eigenvalue weighted by Crippen LogP contribution is -2.49. The lowest BCUT2D eigenvalue weighted by Gasteiger charge is -2.31. The fraction of sp³-hybridized carbons (Fsp3) is 0.929. The van der Waals surface area contributed by atoms with Crippen molar-refractivity contribution in [3.05, 3.63) is 0 Å². The molecule has 2 aliphatic rings. The number of ether oxygens (including phenoxy) is 1. The van der Waals surface area contributed by atoms with Crippen LogP contribution < -0.4 is 5.73 Å². The summed E-state index contributed by atoms with van der Waals surface area (Å²) >= 11 is 0. The lowest BCUT2D eigenvalue weighted by atomic mass is 9.98. The van der Waals surface area contributed by atoms with Crippen LogP contribution in [0.25, 0.3) is 0 Å².